The van der Waals surface area contributed by atoms with Crippen molar-refractivity contribution in [1.29, 1.82) is 0 Å². The van der Waals surface area contributed by atoms with Gasteiger partial charge in [-0.1, -0.05) is 25.1 Å². The lowest BCUT2D eigenvalue weighted by molar-refractivity contribution is -0.141. The molecule has 1 aromatic rings. The number of cyclic esters (lactones) is 1. The lowest BCUT2D eigenvalue weighted by atomic mass is 10.1. The average Bonchev–Trinajstić information content (AvgIpc) is 2.66. The third kappa shape index (κ3) is 2.53. The Labute approximate surface area is 94.0 Å². The molecule has 2 rings (SSSR count). The van der Waals surface area contributed by atoms with Gasteiger partial charge < -0.3 is 4.74 Å². The Hall–Kier alpha value is -0.960. The molecule has 0 N–H and O–H groups in total. The van der Waals surface area contributed by atoms with Crippen LogP contribution in [0.4, 0.5) is 0 Å². The molecule has 1 aliphatic heterocycles. The van der Waals surface area contributed by atoms with E-state index in [1.165, 1.54) is 4.90 Å². The van der Waals surface area contributed by atoms with Crippen LogP contribution >= 0.6 is 11.8 Å². The fraction of sp³-hybridized carbons (Fsp3) is 0.417. The molecule has 3 heteroatoms. The van der Waals surface area contributed by atoms with Crippen LogP contribution in [-0.4, -0.2) is 17.8 Å². The Balaban J connectivity index is 1.97. The van der Waals surface area contributed by atoms with Crippen molar-refractivity contribution in [2.24, 2.45) is 5.92 Å². The highest BCUT2D eigenvalue weighted by atomic mass is 32.2. The van der Waals surface area contributed by atoms with E-state index in [9.17, 15) is 4.79 Å². The molecule has 2 nitrogen and oxygen atoms in total. The van der Waals surface area contributed by atoms with Crippen molar-refractivity contribution >= 4 is 17.7 Å². The SMILES string of the molecule is C[C@H](Sc1ccccc1)[C@H]1CCOC1=O. The monoisotopic (exact) mass is 222 g/mol. The summed E-state index contributed by atoms with van der Waals surface area (Å²) in [5.74, 6) is 0.0288. The molecule has 0 aromatic heterocycles. The number of benzene rings is 1. The maximum atomic E-state index is 11.4. The second kappa shape index (κ2) is 4.71. The van der Waals surface area contributed by atoms with Crippen molar-refractivity contribution < 1.29 is 9.53 Å². The highest BCUT2D eigenvalue weighted by molar-refractivity contribution is 8.00. The summed E-state index contributed by atoms with van der Waals surface area (Å²) in [6.45, 7) is 2.68. The first kappa shape index (κ1) is 10.6. The zero-order chi connectivity index (χ0) is 10.7. The number of rotatable bonds is 3. The summed E-state index contributed by atoms with van der Waals surface area (Å²) in [5, 5.41) is 0.294. The van der Waals surface area contributed by atoms with E-state index in [1.54, 1.807) is 11.8 Å². The molecule has 0 amide bonds. The van der Waals surface area contributed by atoms with Gasteiger partial charge in [-0.3, -0.25) is 4.79 Å². The number of hydrogen-bond donors (Lipinski definition) is 0. The van der Waals surface area contributed by atoms with E-state index >= 15 is 0 Å². The van der Waals surface area contributed by atoms with Crippen molar-refractivity contribution in [3.63, 3.8) is 0 Å². The molecular weight excluding hydrogens is 208 g/mol. The van der Waals surface area contributed by atoms with Gasteiger partial charge in [0.2, 0.25) is 0 Å². The van der Waals surface area contributed by atoms with E-state index in [1.807, 2.05) is 18.2 Å². The molecule has 1 aromatic carbocycles. The van der Waals surface area contributed by atoms with Crippen molar-refractivity contribution in [1.82, 2.24) is 0 Å². The number of carbonyl (C=O) groups excluding carboxylic acids is 1. The Morgan fingerprint density at radius 1 is 1.40 bits per heavy atom. The predicted octanol–water partition coefficient (Wildman–Crippen LogP) is 2.73. The van der Waals surface area contributed by atoms with Crippen LogP contribution < -0.4 is 0 Å². The third-order valence-electron chi connectivity index (χ3n) is 2.61. The van der Waals surface area contributed by atoms with E-state index in [0.29, 0.717) is 11.9 Å². The van der Waals surface area contributed by atoms with Crippen LogP contribution in [0.3, 0.4) is 0 Å². The minimum absolute atomic E-state index is 0.0362. The van der Waals surface area contributed by atoms with Gasteiger partial charge in [-0.15, -0.1) is 11.8 Å². The Kier molecular flexibility index (Phi) is 3.31. The summed E-state index contributed by atoms with van der Waals surface area (Å²) in [4.78, 5) is 12.6. The quantitative estimate of drug-likeness (QED) is 0.581. The zero-order valence-electron chi connectivity index (χ0n) is 8.68. The molecule has 15 heavy (non-hydrogen) atoms. The van der Waals surface area contributed by atoms with E-state index in [2.05, 4.69) is 19.1 Å². The van der Waals surface area contributed by atoms with Crippen molar-refractivity contribution in [2.75, 3.05) is 6.61 Å². The summed E-state index contributed by atoms with van der Waals surface area (Å²) >= 11 is 1.74. The first-order chi connectivity index (χ1) is 7.27. The average molecular weight is 222 g/mol. The van der Waals surface area contributed by atoms with Gasteiger partial charge >= 0.3 is 5.97 Å². The first-order valence-electron chi connectivity index (χ1n) is 5.16. The second-order valence-corrected chi connectivity index (χ2v) is 5.15. The largest absolute Gasteiger partial charge is 0.465 e. The van der Waals surface area contributed by atoms with Gasteiger partial charge in [0.15, 0.2) is 0 Å². The maximum absolute atomic E-state index is 11.4. The zero-order valence-corrected chi connectivity index (χ0v) is 9.50. The van der Waals surface area contributed by atoms with Crippen LogP contribution in [0.15, 0.2) is 35.2 Å². The minimum atomic E-state index is -0.0362. The van der Waals surface area contributed by atoms with Crippen LogP contribution in [0.2, 0.25) is 0 Å². The van der Waals surface area contributed by atoms with Crippen LogP contribution in [0.25, 0.3) is 0 Å². The Morgan fingerprint density at radius 3 is 2.73 bits per heavy atom. The Morgan fingerprint density at radius 2 is 2.13 bits per heavy atom. The first-order valence-corrected chi connectivity index (χ1v) is 6.03. The molecule has 0 unspecified atom stereocenters. The van der Waals surface area contributed by atoms with Gasteiger partial charge in [0.25, 0.3) is 0 Å². The van der Waals surface area contributed by atoms with Crippen molar-refractivity contribution in [3.8, 4) is 0 Å². The molecule has 1 aliphatic rings. The summed E-state index contributed by atoms with van der Waals surface area (Å²) in [7, 11) is 0. The fourth-order valence-electron chi connectivity index (χ4n) is 1.73. The van der Waals surface area contributed by atoms with Gasteiger partial charge in [-0.05, 0) is 18.6 Å². The Bertz CT molecular complexity index is 337. The molecule has 80 valence electrons. The second-order valence-electron chi connectivity index (χ2n) is 3.70. The fourth-order valence-corrected chi connectivity index (χ4v) is 2.89. The number of carbonyl (C=O) groups is 1. The lowest BCUT2D eigenvalue weighted by Gasteiger charge is -2.14. The van der Waals surface area contributed by atoms with Gasteiger partial charge in [-0.25, -0.2) is 0 Å². The molecule has 0 spiro atoms. The number of hydrogen-bond acceptors (Lipinski definition) is 3. The molecule has 1 heterocycles. The normalized spacial score (nSPS) is 22.5. The number of ether oxygens (including phenoxy) is 1. The van der Waals surface area contributed by atoms with Gasteiger partial charge in [-0.2, -0.15) is 0 Å². The van der Waals surface area contributed by atoms with E-state index in [-0.39, 0.29) is 11.9 Å². The van der Waals surface area contributed by atoms with Crippen molar-refractivity contribution in [2.45, 2.75) is 23.5 Å². The van der Waals surface area contributed by atoms with Gasteiger partial charge in [0.05, 0.1) is 12.5 Å². The van der Waals surface area contributed by atoms with Gasteiger partial charge in [0, 0.05) is 10.1 Å². The van der Waals surface area contributed by atoms with Crippen LogP contribution in [0.1, 0.15) is 13.3 Å². The van der Waals surface area contributed by atoms with Gasteiger partial charge in [0.1, 0.15) is 0 Å². The summed E-state index contributed by atoms with van der Waals surface area (Å²) in [6, 6.07) is 10.2. The third-order valence-corrected chi connectivity index (χ3v) is 3.85. The molecule has 0 saturated carbocycles. The molecule has 1 saturated heterocycles. The molecule has 1 fully saturated rings. The lowest BCUT2D eigenvalue weighted by Crippen LogP contribution is -2.18. The van der Waals surface area contributed by atoms with Crippen LogP contribution in [0.5, 0.6) is 0 Å². The molecule has 0 aliphatic carbocycles. The van der Waals surface area contributed by atoms with E-state index < -0.39 is 0 Å². The summed E-state index contributed by atoms with van der Waals surface area (Å²) < 4.78 is 4.97. The van der Waals surface area contributed by atoms with E-state index in [4.69, 9.17) is 4.74 Å². The molecule has 0 bridgehead atoms. The minimum Gasteiger partial charge on any atom is -0.465 e. The van der Waals surface area contributed by atoms with Crippen LogP contribution in [-0.2, 0) is 9.53 Å². The highest BCUT2D eigenvalue weighted by Crippen LogP contribution is 2.32. The topological polar surface area (TPSA) is 26.3 Å². The van der Waals surface area contributed by atoms with Crippen molar-refractivity contribution in [3.05, 3.63) is 30.3 Å². The molecular formula is C12H14O2S. The van der Waals surface area contributed by atoms with Crippen LogP contribution in [0, 0.1) is 5.92 Å². The number of esters is 1. The molecule has 2 atom stereocenters. The highest BCUT2D eigenvalue weighted by Gasteiger charge is 2.31. The maximum Gasteiger partial charge on any atom is 0.310 e. The predicted molar refractivity (Wildman–Crippen MR) is 60.8 cm³/mol. The summed E-state index contributed by atoms with van der Waals surface area (Å²) in [6.07, 6.45) is 0.861. The van der Waals surface area contributed by atoms with E-state index in [0.717, 1.165) is 6.42 Å². The summed E-state index contributed by atoms with van der Waals surface area (Å²) in [5.41, 5.74) is 0. The standard InChI is InChI=1S/C12H14O2S/c1-9(11-7-8-14-12(11)13)15-10-5-3-2-4-6-10/h2-6,9,11H,7-8H2,1H3/t9-,11+/m0/s1. The molecule has 0 radical (unpaired) electrons. The number of thioether (sulfide) groups is 1. The smallest absolute Gasteiger partial charge is 0.310 e.